The van der Waals surface area contributed by atoms with Gasteiger partial charge in [0.05, 0.1) is 30.9 Å². The lowest BCUT2D eigenvalue weighted by molar-refractivity contribution is -0.397. The van der Waals surface area contributed by atoms with Gasteiger partial charge in [-0.3, -0.25) is 0 Å². The van der Waals surface area contributed by atoms with E-state index < -0.39 is 95.1 Å². The first-order chi connectivity index (χ1) is 18.0. The minimum absolute atomic E-state index is 0.177. The summed E-state index contributed by atoms with van der Waals surface area (Å²) in [5.41, 5.74) is -6.21. The monoisotopic (exact) mass is 616 g/mol. The molecule has 0 radical (unpaired) electrons. The molecule has 0 atom stereocenters. The lowest BCUT2D eigenvalue weighted by Crippen LogP contribution is -2.61. The Morgan fingerprint density at radius 2 is 1.20 bits per heavy atom. The molecule has 0 unspecified atom stereocenters. The second kappa shape index (κ2) is 11.0. The number of aromatic nitrogens is 2. The summed E-state index contributed by atoms with van der Waals surface area (Å²) in [4.78, 5) is 6.41. The van der Waals surface area contributed by atoms with E-state index in [-0.39, 0.29) is 13.0 Å². The summed E-state index contributed by atoms with van der Waals surface area (Å²) in [6.07, 6.45) is -15.4. The highest BCUT2D eigenvalue weighted by Gasteiger charge is 2.81. The Labute approximate surface area is 211 Å². The van der Waals surface area contributed by atoms with Crippen LogP contribution in [0.4, 0.5) is 70.2 Å². The fourth-order valence-electron chi connectivity index (χ4n) is 2.82. The maximum Gasteiger partial charge on any atom is 0.460 e. The van der Waals surface area contributed by atoms with Gasteiger partial charge in [-0.05, 0) is 6.42 Å². The molecule has 1 aromatic carbocycles. The van der Waals surface area contributed by atoms with Gasteiger partial charge in [-0.15, -0.1) is 0 Å². The summed E-state index contributed by atoms with van der Waals surface area (Å²) in [5.74, 6) is -32.3. The molecular weight excluding hydrogens is 604 g/mol. The number of alkyl halides is 12. The third kappa shape index (κ3) is 6.08. The number of hydrogen-bond donors (Lipinski definition) is 0. The lowest BCUT2D eigenvalue weighted by atomic mass is 10.0. The van der Waals surface area contributed by atoms with Crippen molar-refractivity contribution in [2.45, 2.75) is 49.9 Å². The molecular formula is C20H12F16N2O2. The molecule has 2 aromatic rings. The largest absolute Gasteiger partial charge is 0.478 e. The average molecular weight is 616 g/mol. The van der Waals surface area contributed by atoms with Crippen molar-refractivity contribution in [3.05, 3.63) is 34.9 Å². The fourth-order valence-corrected chi connectivity index (χ4v) is 2.82. The van der Waals surface area contributed by atoms with E-state index in [1.165, 1.54) is 6.92 Å². The van der Waals surface area contributed by atoms with Crippen molar-refractivity contribution in [3.63, 3.8) is 0 Å². The molecule has 0 N–H and O–H groups in total. The van der Waals surface area contributed by atoms with Crippen LogP contribution in [-0.2, 0) is 6.18 Å². The van der Waals surface area contributed by atoms with Crippen LogP contribution >= 0.6 is 0 Å². The Balaban J connectivity index is 2.50. The van der Waals surface area contributed by atoms with Gasteiger partial charge < -0.3 is 9.47 Å². The lowest BCUT2D eigenvalue weighted by Gasteiger charge is -2.33. The van der Waals surface area contributed by atoms with Gasteiger partial charge in [0, 0.05) is 6.07 Å². The molecule has 0 amide bonds. The maximum absolute atomic E-state index is 14.4. The molecule has 0 spiro atoms. The third-order valence-corrected chi connectivity index (χ3v) is 4.80. The summed E-state index contributed by atoms with van der Waals surface area (Å²) in [7, 11) is 0. The minimum Gasteiger partial charge on any atom is -0.478 e. The van der Waals surface area contributed by atoms with E-state index in [1.54, 1.807) is 0 Å². The van der Waals surface area contributed by atoms with Crippen molar-refractivity contribution >= 4 is 0 Å². The topological polar surface area (TPSA) is 44.2 Å². The predicted molar refractivity (Wildman–Crippen MR) is 99.1 cm³/mol. The molecule has 0 saturated heterocycles. The molecule has 2 rings (SSSR count). The van der Waals surface area contributed by atoms with Crippen LogP contribution in [0.15, 0.2) is 6.07 Å². The van der Waals surface area contributed by atoms with Gasteiger partial charge in [0.25, 0.3) is 0 Å². The fraction of sp³-hybridized carbons (Fsp3) is 0.500. The van der Waals surface area contributed by atoms with Crippen molar-refractivity contribution in [2.75, 3.05) is 13.2 Å². The Bertz CT molecular complexity index is 1200. The molecule has 226 valence electrons. The average Bonchev–Trinajstić information content (AvgIpc) is 2.79. The van der Waals surface area contributed by atoms with Gasteiger partial charge in [-0.25, -0.2) is 17.6 Å². The minimum atomic E-state index is -7.20. The zero-order valence-corrected chi connectivity index (χ0v) is 19.2. The van der Waals surface area contributed by atoms with Crippen molar-refractivity contribution in [1.82, 2.24) is 9.97 Å². The van der Waals surface area contributed by atoms with Crippen molar-refractivity contribution in [1.29, 1.82) is 0 Å². The highest BCUT2D eigenvalue weighted by atomic mass is 19.4. The molecule has 1 heterocycles. The zero-order valence-electron chi connectivity index (χ0n) is 19.2. The van der Waals surface area contributed by atoms with Crippen LogP contribution in [0, 0.1) is 23.3 Å². The smallest absolute Gasteiger partial charge is 0.460 e. The number of rotatable bonds is 10. The van der Waals surface area contributed by atoms with Crippen LogP contribution in [0.5, 0.6) is 11.9 Å². The normalized spacial score (nSPS) is 13.5. The number of hydrogen-bond acceptors (Lipinski definition) is 4. The van der Waals surface area contributed by atoms with E-state index in [9.17, 15) is 70.2 Å². The predicted octanol–water partition coefficient (Wildman–Crippen LogP) is 7.74. The zero-order chi connectivity index (χ0) is 31.1. The van der Waals surface area contributed by atoms with Gasteiger partial charge in [-0.1, -0.05) is 6.92 Å². The molecule has 0 fully saturated rings. The van der Waals surface area contributed by atoms with Crippen molar-refractivity contribution < 1.29 is 79.7 Å². The quantitative estimate of drug-likeness (QED) is 0.203. The molecule has 20 heteroatoms. The first-order valence-electron chi connectivity index (χ1n) is 10.3. The molecule has 0 aliphatic heterocycles. The first-order valence-corrected chi connectivity index (χ1v) is 10.3. The summed E-state index contributed by atoms with van der Waals surface area (Å²) in [6, 6.07) is -1.01. The highest BCUT2D eigenvalue weighted by Crippen LogP contribution is 2.54. The van der Waals surface area contributed by atoms with Crippen LogP contribution in [-0.4, -0.2) is 47.1 Å². The van der Waals surface area contributed by atoms with Crippen LogP contribution in [0.3, 0.4) is 0 Å². The van der Waals surface area contributed by atoms with E-state index in [0.717, 1.165) is 0 Å². The maximum atomic E-state index is 14.4. The van der Waals surface area contributed by atoms with Crippen molar-refractivity contribution in [2.24, 2.45) is 0 Å². The molecule has 0 aliphatic carbocycles. The van der Waals surface area contributed by atoms with Gasteiger partial charge in [0.2, 0.25) is 5.88 Å². The van der Waals surface area contributed by atoms with Crippen LogP contribution in [0.2, 0.25) is 0 Å². The van der Waals surface area contributed by atoms with Crippen LogP contribution in [0.1, 0.15) is 25.3 Å². The number of nitrogens with zero attached hydrogens (tertiary/aromatic N) is 2. The third-order valence-electron chi connectivity index (χ3n) is 4.80. The van der Waals surface area contributed by atoms with Gasteiger partial charge in [0.1, 0.15) is 5.56 Å². The Morgan fingerprint density at radius 1 is 0.675 bits per heavy atom. The molecule has 0 bridgehead atoms. The number of halogens is 16. The van der Waals surface area contributed by atoms with E-state index in [1.807, 2.05) is 0 Å². The molecule has 0 saturated carbocycles. The second-order valence-corrected chi connectivity index (χ2v) is 7.68. The SMILES string of the molecule is CCCOc1cc(-c2c(F)c(F)c(C(F)(F)F)c(F)c2F)nc(OCCC(F)(F)C(F)(F)C(F)(F)C(F)(F)F)n1. The van der Waals surface area contributed by atoms with E-state index in [4.69, 9.17) is 4.74 Å². The van der Waals surface area contributed by atoms with Crippen LogP contribution in [0.25, 0.3) is 11.3 Å². The van der Waals surface area contributed by atoms with E-state index >= 15 is 0 Å². The Morgan fingerprint density at radius 3 is 1.65 bits per heavy atom. The van der Waals surface area contributed by atoms with Crippen molar-refractivity contribution in [3.8, 4) is 23.1 Å². The number of ether oxygens (including phenoxy) is 2. The van der Waals surface area contributed by atoms with Gasteiger partial charge in [0.15, 0.2) is 23.3 Å². The van der Waals surface area contributed by atoms with E-state index in [2.05, 4.69) is 14.7 Å². The Kier molecular flexibility index (Phi) is 9.06. The molecule has 40 heavy (non-hydrogen) atoms. The number of benzene rings is 1. The summed E-state index contributed by atoms with van der Waals surface area (Å²) < 4.78 is 221. The molecule has 4 nitrogen and oxygen atoms in total. The summed E-state index contributed by atoms with van der Waals surface area (Å²) >= 11 is 0. The summed E-state index contributed by atoms with van der Waals surface area (Å²) in [6.45, 7) is -0.667. The van der Waals surface area contributed by atoms with Gasteiger partial charge in [-0.2, -0.15) is 62.7 Å². The molecule has 0 aliphatic rings. The van der Waals surface area contributed by atoms with E-state index in [0.29, 0.717) is 6.07 Å². The van der Waals surface area contributed by atoms with Gasteiger partial charge >= 0.3 is 36.1 Å². The standard InChI is InChI=1S/C20H12F16N2O2/c1-2-4-39-8-6-7(9-11(21)13(23)10(17(27,28)29)14(24)12(9)22)37-15(38-8)40-5-3-16(25,26)18(30,31)19(32,33)20(34,35)36/h6H,2-5H2,1H3. The highest BCUT2D eigenvalue weighted by molar-refractivity contribution is 5.63. The summed E-state index contributed by atoms with van der Waals surface area (Å²) in [5, 5.41) is 0. The van der Waals surface area contributed by atoms with Crippen LogP contribution < -0.4 is 9.47 Å². The molecule has 1 aromatic heterocycles. The first kappa shape index (κ1) is 33.0. The second-order valence-electron chi connectivity index (χ2n) is 7.68. The Hall–Kier alpha value is -3.22.